The van der Waals surface area contributed by atoms with Gasteiger partial charge in [-0.05, 0) is 117 Å². The van der Waals surface area contributed by atoms with Gasteiger partial charge in [-0.15, -0.1) is 0 Å². The maximum absolute atomic E-state index is 15.1. The second kappa shape index (κ2) is 38.9. The third-order valence-electron chi connectivity index (χ3n) is 14.9. The number of nitrogens with one attached hydrogen (secondary N) is 11. The minimum atomic E-state index is -1.92. The van der Waals surface area contributed by atoms with Crippen LogP contribution in [0.2, 0.25) is 0 Å². The lowest BCUT2D eigenvalue weighted by Gasteiger charge is -2.28. The fourth-order valence-corrected chi connectivity index (χ4v) is 12.5. The lowest BCUT2D eigenvalue weighted by atomic mass is 10.0. The van der Waals surface area contributed by atoms with Crippen LogP contribution in [0.4, 0.5) is 5.69 Å². The Balaban J connectivity index is 1.29. The van der Waals surface area contributed by atoms with Crippen molar-refractivity contribution in [3.63, 3.8) is 0 Å². The third-order valence-corrected chi connectivity index (χ3v) is 17.7. The van der Waals surface area contributed by atoms with Crippen molar-refractivity contribution in [2.45, 2.75) is 133 Å². The number of ether oxygens (including phenoxy) is 2. The maximum Gasteiger partial charge on any atom is 0.328 e. The molecule has 27 nitrogen and oxygen atoms in total. The van der Waals surface area contributed by atoms with Gasteiger partial charge in [-0.25, -0.2) is 4.79 Å². The second-order valence-electron chi connectivity index (χ2n) is 23.2. The van der Waals surface area contributed by atoms with E-state index >= 15 is 9.59 Å². The molecule has 4 aromatic carbocycles. The number of thiocarbonyl (C=S) groups is 1. The number of rotatable bonds is 29. The Hall–Kier alpha value is -8.36. The zero-order valence-electron chi connectivity index (χ0n) is 53.2. The molecule has 8 amide bonds. The first-order valence-corrected chi connectivity index (χ1v) is 33.9. The number of fused-ring (bicyclic) bond motifs is 1. The number of aromatic amines is 1. The van der Waals surface area contributed by atoms with Crippen molar-refractivity contribution >= 4 is 109 Å². The third kappa shape index (κ3) is 25.4. The number of aliphatic hydroxyl groups excluding tert-OH is 2. The van der Waals surface area contributed by atoms with Gasteiger partial charge in [0.15, 0.2) is 16.5 Å². The predicted octanol–water partition coefficient (Wildman–Crippen LogP) is 1.33. The molecule has 10 atom stereocenters. The van der Waals surface area contributed by atoms with Crippen LogP contribution in [0, 0.1) is 5.92 Å². The summed E-state index contributed by atoms with van der Waals surface area (Å²) in [6.45, 7) is 6.97. The molecular formula is C65H86N12O15S3. The quantitative estimate of drug-likeness (QED) is 0.0182. The summed E-state index contributed by atoms with van der Waals surface area (Å²) in [6, 6.07) is 18.2. The number of nitrogens with two attached hydrogens (primary N) is 1. The summed E-state index contributed by atoms with van der Waals surface area (Å²) in [5.74, 6) is -9.50. The van der Waals surface area contributed by atoms with Crippen LogP contribution in [0.1, 0.15) is 69.2 Å². The summed E-state index contributed by atoms with van der Waals surface area (Å²) >= 11 is 5.43. The highest BCUT2D eigenvalue weighted by Gasteiger charge is 2.38. The molecule has 1 aliphatic rings. The number of unbranched alkanes of at least 4 members (excludes halogenated alkanes) is 1. The molecule has 95 heavy (non-hydrogen) atoms. The molecule has 1 aliphatic heterocycles. The Morgan fingerprint density at radius 3 is 2.00 bits per heavy atom. The highest BCUT2D eigenvalue weighted by atomic mass is 33.1. The van der Waals surface area contributed by atoms with E-state index in [2.05, 4.69) is 72.0 Å². The van der Waals surface area contributed by atoms with E-state index in [-0.39, 0.29) is 64.2 Å². The summed E-state index contributed by atoms with van der Waals surface area (Å²) in [5, 5.41) is 67.7. The molecule has 0 spiro atoms. The van der Waals surface area contributed by atoms with Gasteiger partial charge in [-0.3, -0.25) is 38.4 Å². The standard InChI is InChI=1S/C65H86N12O15S3/c1-37(2)30-41-17-21-44(22-18-41)69-65(93)67-26-27-91-28-29-92-35-53(81)70-49(31-40-12-6-5-7-13-40)57(83)74-52-36-94-95-63(62(88)76-55(39(4)79)64(89)90)77-61(87)54(38(3)78)75-56(82)48(16-10-11-25-66)71-59(85)51(33-43-34-68-47-15-9-8-14-46(43)47)73-58(84)50(72-60(52)86)32-42-19-23-45(80)24-20-42/h5-9,12-15,17-24,34,37-39,48-52,54-55,63,68,78-80H,10-11,16,25-33,35-36,66H2,1-4H3,(H,70,81)(H,71,85)(H,72,86)(H,73,84)(H,74,83)(H,75,82)(H,76,88)(H,77,87)(H,89,90)(H2,67,69,93)/t38?,39?,48-,49+,50-,51+,52-,54-,55-,63-/m0/s1. The zero-order valence-corrected chi connectivity index (χ0v) is 55.7. The maximum atomic E-state index is 15.1. The van der Waals surface area contributed by atoms with Crippen molar-refractivity contribution < 1.29 is 73.1 Å². The first-order chi connectivity index (χ1) is 45.5. The Kier molecular flexibility index (Phi) is 31.0. The number of aromatic hydroxyl groups is 1. The number of carbonyl (C=O) groups is 9. The molecule has 1 aromatic heterocycles. The monoisotopic (exact) mass is 1370 g/mol. The first kappa shape index (κ1) is 75.7. The van der Waals surface area contributed by atoms with Gasteiger partial charge in [0.2, 0.25) is 41.4 Å². The van der Waals surface area contributed by atoms with Crippen LogP contribution in [0.5, 0.6) is 5.75 Å². The number of aromatic nitrogens is 1. The van der Waals surface area contributed by atoms with Crippen molar-refractivity contribution in [1.29, 1.82) is 0 Å². The first-order valence-electron chi connectivity index (χ1n) is 31.1. The molecule has 1 saturated heterocycles. The fourth-order valence-electron chi connectivity index (χ4n) is 9.93. The summed E-state index contributed by atoms with van der Waals surface area (Å²) in [4.78, 5) is 132. The fraction of sp³-hybridized carbons (Fsp3) is 0.446. The lowest BCUT2D eigenvalue weighted by molar-refractivity contribution is -0.145. The van der Waals surface area contributed by atoms with Crippen LogP contribution in [-0.4, -0.2) is 189 Å². The highest BCUT2D eigenvalue weighted by molar-refractivity contribution is 8.77. The van der Waals surface area contributed by atoms with E-state index in [4.69, 9.17) is 27.4 Å². The van der Waals surface area contributed by atoms with Crippen LogP contribution in [0.25, 0.3) is 10.9 Å². The molecule has 0 saturated carbocycles. The number of aliphatic hydroxyl groups is 2. The minimum Gasteiger partial charge on any atom is -0.508 e. The van der Waals surface area contributed by atoms with Crippen molar-refractivity contribution in [1.82, 2.24) is 52.8 Å². The average Bonchev–Trinajstić information content (AvgIpc) is 1.86. The molecule has 514 valence electrons. The van der Waals surface area contributed by atoms with E-state index in [1.54, 1.807) is 60.8 Å². The van der Waals surface area contributed by atoms with E-state index in [1.807, 2.05) is 24.3 Å². The van der Waals surface area contributed by atoms with E-state index < -0.39 is 125 Å². The molecule has 2 heterocycles. The molecule has 30 heteroatoms. The number of hydrogen-bond acceptors (Lipinski definition) is 18. The number of phenols is 1. The van der Waals surface area contributed by atoms with E-state index in [1.165, 1.54) is 36.8 Å². The molecule has 0 radical (unpaired) electrons. The van der Waals surface area contributed by atoms with Gasteiger partial charge in [0, 0.05) is 54.3 Å². The molecule has 5 aromatic rings. The number of phenolic OH excluding ortho intramolecular Hbond substituents is 1. The lowest BCUT2D eigenvalue weighted by Crippen LogP contribution is -2.61. The van der Waals surface area contributed by atoms with Gasteiger partial charge in [0.1, 0.15) is 48.6 Å². The van der Waals surface area contributed by atoms with Crippen molar-refractivity contribution in [2.75, 3.05) is 50.6 Å². The van der Waals surface area contributed by atoms with E-state index in [0.717, 1.165) is 19.0 Å². The van der Waals surface area contributed by atoms with Crippen LogP contribution < -0.4 is 58.9 Å². The number of H-pyrrole nitrogens is 1. The highest BCUT2D eigenvalue weighted by Crippen LogP contribution is 2.28. The number of carboxylic acid groups (broad SMARTS) is 1. The van der Waals surface area contributed by atoms with Crippen LogP contribution in [0.3, 0.4) is 0 Å². The number of carbonyl (C=O) groups excluding carboxylic acids is 8. The topological polar surface area (TPSA) is 415 Å². The normalized spacial score (nSPS) is 19.7. The molecule has 1 fully saturated rings. The van der Waals surface area contributed by atoms with Gasteiger partial charge in [0.25, 0.3) is 5.91 Å². The molecule has 6 rings (SSSR count). The smallest absolute Gasteiger partial charge is 0.328 e. The van der Waals surface area contributed by atoms with E-state index in [9.17, 15) is 54.0 Å². The van der Waals surface area contributed by atoms with E-state index in [0.29, 0.717) is 73.2 Å². The molecule has 17 N–H and O–H groups in total. The van der Waals surface area contributed by atoms with Gasteiger partial charge in [0.05, 0.1) is 32.0 Å². The number of para-hydroxylation sites is 1. The molecule has 0 bridgehead atoms. The Morgan fingerprint density at radius 2 is 1.33 bits per heavy atom. The predicted molar refractivity (Wildman–Crippen MR) is 364 cm³/mol. The second-order valence-corrected chi connectivity index (χ2v) is 26.1. The van der Waals surface area contributed by atoms with Crippen molar-refractivity contribution in [2.24, 2.45) is 11.7 Å². The van der Waals surface area contributed by atoms with Crippen molar-refractivity contribution in [3.8, 4) is 5.75 Å². The Bertz CT molecular complexity index is 3360. The number of aliphatic carboxylic acids is 1. The number of amides is 8. The zero-order chi connectivity index (χ0) is 69.0. The Morgan fingerprint density at radius 1 is 0.695 bits per heavy atom. The Labute approximate surface area is 563 Å². The molecule has 0 aliphatic carbocycles. The van der Waals surface area contributed by atoms with Crippen LogP contribution in [-0.2, 0) is 78.3 Å². The van der Waals surface area contributed by atoms with Gasteiger partial charge < -0.3 is 93.8 Å². The van der Waals surface area contributed by atoms with Crippen molar-refractivity contribution in [3.05, 3.63) is 132 Å². The average molecular weight is 1370 g/mol. The number of anilines is 1. The summed E-state index contributed by atoms with van der Waals surface area (Å²) in [5.41, 5.74) is 10.1. The summed E-state index contributed by atoms with van der Waals surface area (Å²) < 4.78 is 11.3. The van der Waals surface area contributed by atoms with Crippen LogP contribution >= 0.6 is 33.8 Å². The number of benzene rings is 4. The van der Waals surface area contributed by atoms with Gasteiger partial charge in [-0.1, -0.05) is 108 Å². The number of carboxylic acids is 1. The van der Waals surface area contributed by atoms with Crippen LogP contribution in [0.15, 0.2) is 109 Å². The summed E-state index contributed by atoms with van der Waals surface area (Å²) in [7, 11) is 1.25. The molecule has 2 unspecified atom stereocenters. The molecular weight excluding hydrogens is 1280 g/mol. The SMILES string of the molecule is CC(C)Cc1ccc(NC(=S)NCCOCCOCC(=O)N[C@H](Cc2ccccc2)C(=O)N[C@H]2CSS[C@@H](C(=O)N[C@H](C(=O)O)C(C)O)NC(=O)[C@H](C(C)O)NC(=O)[C@H](CCCCN)NC(=O)[C@@H](Cc3c[nH]c4ccccc34)NC(=O)[C@H](Cc3ccc(O)cc3)NC2=O)cc1. The van der Waals surface area contributed by atoms with Gasteiger partial charge in [-0.2, -0.15) is 0 Å². The van der Waals surface area contributed by atoms with Gasteiger partial charge >= 0.3 is 5.97 Å². The number of hydrogen-bond donors (Lipinski definition) is 16. The largest absolute Gasteiger partial charge is 0.508 e. The minimum absolute atomic E-state index is 0.0155. The summed E-state index contributed by atoms with van der Waals surface area (Å²) in [6.07, 6.45) is -0.692.